The minimum absolute atomic E-state index is 0.149. The number of carbonyl (C=O) groups is 3. The number of allylic oxidation sites excluding steroid dienone is 2. The summed E-state index contributed by atoms with van der Waals surface area (Å²) < 4.78 is 22.6. The van der Waals surface area contributed by atoms with Gasteiger partial charge in [0.25, 0.3) is 0 Å². The minimum atomic E-state index is -1.62. The zero-order valence-corrected chi connectivity index (χ0v) is 37.3. The SMILES string of the molecule is CCCCCCC/C=C\CCCCCCCC(=O)OC(COC(=O)CCCCCCCCCCCCCCCCCCC)COC(OCC[N+](C)(C)C)C(=O)[O-]. The van der Waals surface area contributed by atoms with Gasteiger partial charge in [-0.15, -0.1) is 0 Å². The molecule has 2 unspecified atom stereocenters. The molecule has 0 aromatic heterocycles. The molecule has 2 atom stereocenters. The van der Waals surface area contributed by atoms with Crippen molar-refractivity contribution in [2.45, 2.75) is 225 Å². The Bertz CT molecular complexity index is 934. The second kappa shape index (κ2) is 39.8. The number of nitrogens with zero attached hydrogens (tertiary/aromatic N) is 1. The molecular formula is C47H89NO8. The van der Waals surface area contributed by atoms with Gasteiger partial charge in [-0.25, -0.2) is 0 Å². The predicted molar refractivity (Wildman–Crippen MR) is 228 cm³/mol. The fourth-order valence-electron chi connectivity index (χ4n) is 6.59. The lowest BCUT2D eigenvalue weighted by Crippen LogP contribution is -2.44. The Labute approximate surface area is 345 Å². The van der Waals surface area contributed by atoms with Crippen LogP contribution in [0.25, 0.3) is 0 Å². The van der Waals surface area contributed by atoms with Crippen molar-refractivity contribution >= 4 is 17.9 Å². The Morgan fingerprint density at radius 3 is 1.32 bits per heavy atom. The fraction of sp³-hybridized carbons (Fsp3) is 0.894. The van der Waals surface area contributed by atoms with E-state index >= 15 is 0 Å². The fourth-order valence-corrected chi connectivity index (χ4v) is 6.59. The van der Waals surface area contributed by atoms with Gasteiger partial charge in [0.05, 0.1) is 40.3 Å². The number of unbranched alkanes of at least 4 members (excludes halogenated alkanes) is 26. The molecule has 0 amide bonds. The number of quaternary nitrogens is 1. The summed E-state index contributed by atoms with van der Waals surface area (Å²) in [5.74, 6) is -2.28. The van der Waals surface area contributed by atoms with Crippen LogP contribution in [0.3, 0.4) is 0 Å². The van der Waals surface area contributed by atoms with E-state index in [0.717, 1.165) is 51.4 Å². The molecule has 0 bridgehead atoms. The van der Waals surface area contributed by atoms with Crippen LogP contribution in [0.2, 0.25) is 0 Å². The monoisotopic (exact) mass is 796 g/mol. The molecule has 56 heavy (non-hydrogen) atoms. The van der Waals surface area contributed by atoms with Gasteiger partial charge in [0, 0.05) is 12.8 Å². The molecule has 0 radical (unpaired) electrons. The maximum absolute atomic E-state index is 12.7. The number of hydrogen-bond acceptors (Lipinski definition) is 8. The Morgan fingerprint density at radius 1 is 0.518 bits per heavy atom. The van der Waals surface area contributed by atoms with Crippen molar-refractivity contribution in [3.63, 3.8) is 0 Å². The minimum Gasteiger partial charge on any atom is -0.545 e. The average molecular weight is 796 g/mol. The van der Waals surface area contributed by atoms with Gasteiger partial charge in [-0.1, -0.05) is 174 Å². The van der Waals surface area contributed by atoms with E-state index < -0.39 is 24.3 Å². The third kappa shape index (κ3) is 40.2. The third-order valence-corrected chi connectivity index (χ3v) is 10.3. The van der Waals surface area contributed by atoms with E-state index in [9.17, 15) is 19.5 Å². The molecule has 0 aliphatic carbocycles. The van der Waals surface area contributed by atoms with Crippen LogP contribution in [0.1, 0.15) is 213 Å². The Morgan fingerprint density at radius 2 is 0.911 bits per heavy atom. The number of ether oxygens (including phenoxy) is 4. The molecule has 0 aliphatic rings. The number of carbonyl (C=O) groups excluding carboxylic acids is 3. The first-order valence-corrected chi connectivity index (χ1v) is 23.3. The van der Waals surface area contributed by atoms with Gasteiger partial charge >= 0.3 is 11.9 Å². The Balaban J connectivity index is 4.38. The maximum atomic E-state index is 12.7. The summed E-state index contributed by atoms with van der Waals surface area (Å²) in [5, 5.41) is 11.7. The van der Waals surface area contributed by atoms with Gasteiger partial charge in [-0.05, 0) is 38.5 Å². The summed E-state index contributed by atoms with van der Waals surface area (Å²) in [6, 6.07) is 0. The highest BCUT2D eigenvalue weighted by molar-refractivity contribution is 5.70. The van der Waals surface area contributed by atoms with Crippen LogP contribution in [0, 0.1) is 0 Å². The molecule has 0 spiro atoms. The molecule has 9 heteroatoms. The molecule has 0 fully saturated rings. The summed E-state index contributed by atoms with van der Waals surface area (Å²) in [4.78, 5) is 37.0. The standard InChI is InChI=1S/C47H89NO8/c1-6-8-10-12-14-16-18-20-22-23-24-26-27-29-31-33-35-37-44(49)54-41-43(42-55-47(46(51)52)53-40-39-48(3,4)5)56-45(50)38-36-34-32-30-28-25-21-19-17-15-13-11-9-7-2/h19,21,43,47H,6-18,20,22-42H2,1-5H3/b21-19-. The lowest BCUT2D eigenvalue weighted by atomic mass is 10.0. The van der Waals surface area contributed by atoms with Gasteiger partial charge in [0.1, 0.15) is 13.2 Å². The van der Waals surface area contributed by atoms with Crippen molar-refractivity contribution < 1.29 is 42.9 Å². The Kier molecular flexibility index (Phi) is 38.4. The predicted octanol–water partition coefficient (Wildman–Crippen LogP) is 10.9. The highest BCUT2D eigenvalue weighted by atomic mass is 16.7. The van der Waals surface area contributed by atoms with E-state index in [1.54, 1.807) is 0 Å². The van der Waals surface area contributed by atoms with Crippen LogP contribution in [-0.4, -0.2) is 82.3 Å². The van der Waals surface area contributed by atoms with Crippen molar-refractivity contribution in [2.75, 3.05) is 47.5 Å². The van der Waals surface area contributed by atoms with E-state index in [0.29, 0.717) is 23.9 Å². The first-order valence-electron chi connectivity index (χ1n) is 23.3. The van der Waals surface area contributed by atoms with E-state index in [-0.39, 0.29) is 32.2 Å². The van der Waals surface area contributed by atoms with Gasteiger partial charge in [-0.3, -0.25) is 9.59 Å². The van der Waals surface area contributed by atoms with Crippen molar-refractivity contribution in [3.05, 3.63) is 12.2 Å². The lowest BCUT2D eigenvalue weighted by molar-refractivity contribution is -0.870. The summed E-state index contributed by atoms with van der Waals surface area (Å²) in [6.07, 6.45) is 38.1. The van der Waals surface area contributed by atoms with Crippen molar-refractivity contribution in [1.82, 2.24) is 0 Å². The van der Waals surface area contributed by atoms with E-state index in [2.05, 4.69) is 26.0 Å². The van der Waals surface area contributed by atoms with Gasteiger partial charge in [-0.2, -0.15) is 0 Å². The first-order chi connectivity index (χ1) is 27.1. The van der Waals surface area contributed by atoms with Crippen LogP contribution >= 0.6 is 0 Å². The Hall–Kier alpha value is -1.97. The van der Waals surface area contributed by atoms with Crippen LogP contribution in [-0.2, 0) is 33.3 Å². The van der Waals surface area contributed by atoms with Crippen LogP contribution in [0.4, 0.5) is 0 Å². The molecule has 0 aromatic rings. The molecule has 0 rings (SSSR count). The lowest BCUT2D eigenvalue weighted by Gasteiger charge is -2.26. The number of carboxylic acid groups (broad SMARTS) is 1. The molecule has 0 aromatic carbocycles. The summed E-state index contributed by atoms with van der Waals surface area (Å²) in [6.45, 7) is 4.74. The number of hydrogen-bond donors (Lipinski definition) is 0. The normalized spacial score (nSPS) is 12.9. The largest absolute Gasteiger partial charge is 0.545 e. The number of esters is 2. The van der Waals surface area contributed by atoms with Crippen LogP contribution in [0.5, 0.6) is 0 Å². The maximum Gasteiger partial charge on any atom is 0.306 e. The third-order valence-electron chi connectivity index (χ3n) is 10.3. The number of aliphatic carboxylic acids is 1. The van der Waals surface area contributed by atoms with Crippen LogP contribution in [0.15, 0.2) is 12.2 Å². The zero-order chi connectivity index (χ0) is 41.4. The summed E-state index contributed by atoms with van der Waals surface area (Å²) in [7, 11) is 5.91. The molecule has 0 saturated carbocycles. The molecular weight excluding hydrogens is 707 g/mol. The van der Waals surface area contributed by atoms with Crippen LogP contribution < -0.4 is 5.11 Å². The summed E-state index contributed by atoms with van der Waals surface area (Å²) >= 11 is 0. The summed E-state index contributed by atoms with van der Waals surface area (Å²) in [5.41, 5.74) is 0. The molecule has 0 aliphatic heterocycles. The van der Waals surface area contributed by atoms with E-state index in [4.69, 9.17) is 18.9 Å². The van der Waals surface area contributed by atoms with Crippen molar-refractivity contribution in [1.29, 1.82) is 0 Å². The smallest absolute Gasteiger partial charge is 0.306 e. The number of carboxylic acids is 1. The first kappa shape index (κ1) is 54.0. The molecule has 0 heterocycles. The van der Waals surface area contributed by atoms with Gasteiger partial charge in [0.15, 0.2) is 12.4 Å². The number of rotatable bonds is 43. The van der Waals surface area contributed by atoms with Gasteiger partial charge < -0.3 is 33.3 Å². The van der Waals surface area contributed by atoms with Crippen molar-refractivity contribution in [3.8, 4) is 0 Å². The second-order valence-corrected chi connectivity index (χ2v) is 17.1. The molecule has 0 N–H and O–H groups in total. The highest BCUT2D eigenvalue weighted by Crippen LogP contribution is 2.15. The highest BCUT2D eigenvalue weighted by Gasteiger charge is 2.21. The van der Waals surface area contributed by atoms with Gasteiger partial charge in [0.2, 0.25) is 0 Å². The van der Waals surface area contributed by atoms with Crippen molar-refractivity contribution in [2.24, 2.45) is 0 Å². The van der Waals surface area contributed by atoms with E-state index in [1.807, 2.05) is 21.1 Å². The molecule has 330 valence electrons. The topological polar surface area (TPSA) is 111 Å². The molecule has 0 saturated heterocycles. The number of likely N-dealkylation sites (N-methyl/N-ethyl adjacent to an activating group) is 1. The quantitative estimate of drug-likeness (QED) is 0.0197. The molecule has 9 nitrogen and oxygen atoms in total. The second-order valence-electron chi connectivity index (χ2n) is 17.1. The average Bonchev–Trinajstić information content (AvgIpc) is 3.15. The zero-order valence-electron chi connectivity index (χ0n) is 37.3. The van der Waals surface area contributed by atoms with E-state index in [1.165, 1.54) is 128 Å².